The van der Waals surface area contributed by atoms with Crippen molar-refractivity contribution in [3.63, 3.8) is 0 Å². The van der Waals surface area contributed by atoms with E-state index in [1.165, 1.54) is 36.1 Å². The molecule has 0 spiro atoms. The molecule has 0 aliphatic carbocycles. The van der Waals surface area contributed by atoms with Crippen molar-refractivity contribution in [2.24, 2.45) is 0 Å². The predicted molar refractivity (Wildman–Crippen MR) is 75.6 cm³/mol. The van der Waals surface area contributed by atoms with E-state index in [0.717, 1.165) is 5.56 Å². The molecule has 1 heterocycles. The molecular weight excluding hydrogens is 272 g/mol. The fraction of sp³-hybridized carbons (Fsp3) is 0.235. The van der Waals surface area contributed by atoms with Crippen LogP contribution in [0.2, 0.25) is 0 Å². The monoisotopic (exact) mass is 287 g/mol. The van der Waals surface area contributed by atoms with Gasteiger partial charge in [-0.1, -0.05) is 42.5 Å². The van der Waals surface area contributed by atoms with Crippen LogP contribution in [0.3, 0.4) is 0 Å². The zero-order valence-corrected chi connectivity index (χ0v) is 11.6. The SMILES string of the molecule is C[C@]1(F)C(=O)N(Cc2ccccc2)[C@H]1c1ccc(F)cc1. The molecule has 1 saturated heterocycles. The second kappa shape index (κ2) is 4.95. The van der Waals surface area contributed by atoms with Crippen LogP contribution in [-0.2, 0) is 11.3 Å². The number of amides is 1. The Hall–Kier alpha value is -2.23. The molecule has 1 aliphatic rings. The first-order valence-electron chi connectivity index (χ1n) is 6.79. The minimum absolute atomic E-state index is 0.348. The van der Waals surface area contributed by atoms with Gasteiger partial charge in [0, 0.05) is 6.54 Å². The van der Waals surface area contributed by atoms with E-state index in [0.29, 0.717) is 12.1 Å². The Bertz CT molecular complexity index is 652. The number of hydrogen-bond acceptors (Lipinski definition) is 1. The van der Waals surface area contributed by atoms with Gasteiger partial charge in [0.15, 0.2) is 0 Å². The van der Waals surface area contributed by atoms with E-state index in [9.17, 15) is 13.6 Å². The van der Waals surface area contributed by atoms with Crippen molar-refractivity contribution in [3.8, 4) is 0 Å². The van der Waals surface area contributed by atoms with Crippen LogP contribution in [0, 0.1) is 5.82 Å². The van der Waals surface area contributed by atoms with Gasteiger partial charge >= 0.3 is 0 Å². The van der Waals surface area contributed by atoms with Crippen LogP contribution in [0.5, 0.6) is 0 Å². The molecule has 0 unspecified atom stereocenters. The molecule has 2 atom stereocenters. The smallest absolute Gasteiger partial charge is 0.263 e. The molecule has 0 radical (unpaired) electrons. The molecule has 108 valence electrons. The molecule has 1 amide bonds. The van der Waals surface area contributed by atoms with E-state index in [1.807, 2.05) is 30.3 Å². The van der Waals surface area contributed by atoms with Crippen LogP contribution in [0.25, 0.3) is 0 Å². The number of β-lactam (4-membered cyclic amide) rings is 1. The number of alkyl halides is 1. The maximum absolute atomic E-state index is 14.5. The molecule has 4 heteroatoms. The van der Waals surface area contributed by atoms with E-state index in [4.69, 9.17) is 0 Å². The van der Waals surface area contributed by atoms with Crippen LogP contribution in [0.4, 0.5) is 8.78 Å². The molecule has 1 fully saturated rings. The summed E-state index contributed by atoms with van der Waals surface area (Å²) < 4.78 is 27.5. The maximum Gasteiger partial charge on any atom is 0.263 e. The first-order valence-corrected chi connectivity index (χ1v) is 6.79. The lowest BCUT2D eigenvalue weighted by Crippen LogP contribution is -2.63. The summed E-state index contributed by atoms with van der Waals surface area (Å²) in [4.78, 5) is 13.5. The fourth-order valence-electron chi connectivity index (χ4n) is 2.82. The minimum atomic E-state index is -1.94. The van der Waals surface area contributed by atoms with Gasteiger partial charge < -0.3 is 4.90 Å². The van der Waals surface area contributed by atoms with Crippen molar-refractivity contribution in [1.29, 1.82) is 0 Å². The lowest BCUT2D eigenvalue weighted by molar-refractivity contribution is -0.176. The highest BCUT2D eigenvalue weighted by Crippen LogP contribution is 2.46. The lowest BCUT2D eigenvalue weighted by atomic mass is 9.80. The number of likely N-dealkylation sites (tertiary alicyclic amines) is 1. The van der Waals surface area contributed by atoms with Gasteiger partial charge in [-0.15, -0.1) is 0 Å². The highest BCUT2D eigenvalue weighted by atomic mass is 19.1. The van der Waals surface area contributed by atoms with Gasteiger partial charge in [0.2, 0.25) is 5.67 Å². The Kier molecular flexibility index (Phi) is 3.24. The number of rotatable bonds is 3. The zero-order chi connectivity index (χ0) is 15.0. The lowest BCUT2D eigenvalue weighted by Gasteiger charge is -2.50. The molecular formula is C17H15F2NO. The van der Waals surface area contributed by atoms with E-state index in [-0.39, 0.29) is 5.82 Å². The Morgan fingerprint density at radius 1 is 1.10 bits per heavy atom. The Labute approximate surface area is 122 Å². The zero-order valence-electron chi connectivity index (χ0n) is 11.6. The summed E-state index contributed by atoms with van der Waals surface area (Å²) in [7, 11) is 0. The van der Waals surface area contributed by atoms with Gasteiger partial charge in [0.05, 0.1) is 0 Å². The average Bonchev–Trinajstić information content (AvgIpc) is 2.49. The van der Waals surface area contributed by atoms with Gasteiger partial charge in [-0.25, -0.2) is 8.78 Å². The third kappa shape index (κ3) is 2.31. The maximum atomic E-state index is 14.5. The van der Waals surface area contributed by atoms with Crippen molar-refractivity contribution in [2.45, 2.75) is 25.2 Å². The molecule has 0 aromatic heterocycles. The summed E-state index contributed by atoms with van der Waals surface area (Å²) in [6, 6.07) is 14.4. The molecule has 0 N–H and O–H groups in total. The normalized spacial score (nSPS) is 24.8. The molecule has 2 nitrogen and oxygen atoms in total. The van der Waals surface area contributed by atoms with Gasteiger partial charge in [0.25, 0.3) is 5.91 Å². The minimum Gasteiger partial charge on any atom is -0.325 e. The van der Waals surface area contributed by atoms with Crippen molar-refractivity contribution >= 4 is 5.91 Å². The van der Waals surface area contributed by atoms with Crippen molar-refractivity contribution in [2.75, 3.05) is 0 Å². The first-order chi connectivity index (χ1) is 10.00. The topological polar surface area (TPSA) is 20.3 Å². The van der Waals surface area contributed by atoms with Crippen LogP contribution >= 0.6 is 0 Å². The van der Waals surface area contributed by atoms with E-state index < -0.39 is 17.6 Å². The summed E-state index contributed by atoms with van der Waals surface area (Å²) >= 11 is 0. The highest BCUT2D eigenvalue weighted by Gasteiger charge is 2.58. The Morgan fingerprint density at radius 2 is 1.71 bits per heavy atom. The summed E-state index contributed by atoms with van der Waals surface area (Å²) in [6.07, 6.45) is 0. The van der Waals surface area contributed by atoms with Gasteiger partial charge in [-0.3, -0.25) is 4.79 Å². The molecule has 1 aliphatic heterocycles. The average molecular weight is 287 g/mol. The number of halogens is 2. The number of carbonyl (C=O) groups excluding carboxylic acids is 1. The molecule has 3 rings (SSSR count). The fourth-order valence-corrected chi connectivity index (χ4v) is 2.82. The van der Waals surface area contributed by atoms with Crippen LogP contribution in [0.15, 0.2) is 54.6 Å². The number of carbonyl (C=O) groups is 1. The molecule has 2 aromatic rings. The predicted octanol–water partition coefficient (Wildman–Crippen LogP) is 3.64. The second-order valence-electron chi connectivity index (χ2n) is 5.45. The first kappa shape index (κ1) is 13.7. The van der Waals surface area contributed by atoms with E-state index in [2.05, 4.69) is 0 Å². The van der Waals surface area contributed by atoms with E-state index in [1.54, 1.807) is 0 Å². The van der Waals surface area contributed by atoms with Crippen LogP contribution < -0.4 is 0 Å². The van der Waals surface area contributed by atoms with Gasteiger partial charge in [0.1, 0.15) is 11.9 Å². The molecule has 2 aromatic carbocycles. The van der Waals surface area contributed by atoms with E-state index >= 15 is 0 Å². The van der Waals surface area contributed by atoms with Crippen LogP contribution in [-0.4, -0.2) is 16.5 Å². The summed E-state index contributed by atoms with van der Waals surface area (Å²) in [5.74, 6) is -0.903. The molecule has 21 heavy (non-hydrogen) atoms. The van der Waals surface area contributed by atoms with Crippen LogP contribution in [0.1, 0.15) is 24.1 Å². The van der Waals surface area contributed by atoms with Gasteiger partial charge in [-0.05, 0) is 30.2 Å². The molecule has 0 bridgehead atoms. The van der Waals surface area contributed by atoms with Crippen molar-refractivity contribution in [1.82, 2.24) is 4.90 Å². The number of benzene rings is 2. The summed E-state index contributed by atoms with van der Waals surface area (Å²) in [6.45, 7) is 1.63. The quantitative estimate of drug-likeness (QED) is 0.789. The second-order valence-corrected chi connectivity index (χ2v) is 5.45. The highest BCUT2D eigenvalue weighted by molar-refractivity contribution is 5.92. The van der Waals surface area contributed by atoms with Crippen molar-refractivity contribution < 1.29 is 13.6 Å². The third-order valence-corrected chi connectivity index (χ3v) is 3.89. The standard InChI is InChI=1S/C17H15F2NO/c1-17(19)15(13-7-9-14(18)10-8-13)20(16(17)21)11-12-5-3-2-4-6-12/h2-10,15H,11H2,1H3/t15-,17+/m0/s1. The number of nitrogens with zero attached hydrogens (tertiary/aromatic N) is 1. The third-order valence-electron chi connectivity index (χ3n) is 3.89. The Morgan fingerprint density at radius 3 is 2.33 bits per heavy atom. The largest absolute Gasteiger partial charge is 0.325 e. The number of hydrogen-bond donors (Lipinski definition) is 0. The summed E-state index contributed by atoms with van der Waals surface area (Å²) in [5, 5.41) is 0. The van der Waals surface area contributed by atoms with Gasteiger partial charge in [-0.2, -0.15) is 0 Å². The summed E-state index contributed by atoms with van der Waals surface area (Å²) in [5.41, 5.74) is -0.391. The molecule has 0 saturated carbocycles. The van der Waals surface area contributed by atoms with Crippen molar-refractivity contribution in [3.05, 3.63) is 71.5 Å². The Balaban J connectivity index is 1.89.